The summed E-state index contributed by atoms with van der Waals surface area (Å²) in [5, 5.41) is 3.20. The van der Waals surface area contributed by atoms with Crippen LogP contribution in [0, 0.1) is 5.82 Å². The van der Waals surface area contributed by atoms with E-state index in [-0.39, 0.29) is 5.82 Å². The summed E-state index contributed by atoms with van der Waals surface area (Å²) in [6.07, 6.45) is 0. The molecule has 17 heavy (non-hydrogen) atoms. The molecule has 0 bridgehead atoms. The highest BCUT2D eigenvalue weighted by molar-refractivity contribution is 5.48. The highest BCUT2D eigenvalue weighted by atomic mass is 19.1. The first-order valence-electron chi connectivity index (χ1n) is 6.00. The number of hydrogen-bond donors (Lipinski definition) is 1. The summed E-state index contributed by atoms with van der Waals surface area (Å²) in [5.74, 6) is 0.255. The van der Waals surface area contributed by atoms with Crippen molar-refractivity contribution in [2.45, 2.75) is 13.8 Å². The molecule has 1 rings (SSSR count). The second-order valence-corrected chi connectivity index (χ2v) is 3.83. The van der Waals surface area contributed by atoms with Crippen LogP contribution in [0.15, 0.2) is 18.2 Å². The fraction of sp³-hybridized carbons (Fsp3) is 0.538. The molecule has 3 nitrogen and oxygen atoms in total. The van der Waals surface area contributed by atoms with Crippen molar-refractivity contribution in [1.29, 1.82) is 0 Å². The maximum absolute atomic E-state index is 13.2. The van der Waals surface area contributed by atoms with Crippen molar-refractivity contribution in [2.24, 2.45) is 0 Å². The summed E-state index contributed by atoms with van der Waals surface area (Å²) >= 11 is 0. The van der Waals surface area contributed by atoms with Crippen molar-refractivity contribution in [1.82, 2.24) is 4.90 Å². The molecule has 0 fully saturated rings. The average molecular weight is 240 g/mol. The van der Waals surface area contributed by atoms with Gasteiger partial charge in [0.2, 0.25) is 0 Å². The molecule has 0 saturated heterocycles. The topological polar surface area (TPSA) is 24.5 Å². The van der Waals surface area contributed by atoms with Gasteiger partial charge in [0, 0.05) is 30.9 Å². The van der Waals surface area contributed by atoms with Gasteiger partial charge in [0.1, 0.15) is 11.6 Å². The number of nitrogens with one attached hydrogen (secondary N) is 1. The maximum Gasteiger partial charge on any atom is 0.128 e. The van der Waals surface area contributed by atoms with Crippen LogP contribution >= 0.6 is 0 Å². The summed E-state index contributed by atoms with van der Waals surface area (Å²) in [6.45, 7) is 8.08. The van der Waals surface area contributed by atoms with Crippen LogP contribution in [0.1, 0.15) is 13.8 Å². The Morgan fingerprint density at radius 2 is 1.94 bits per heavy atom. The lowest BCUT2D eigenvalue weighted by atomic mass is 10.3. The third-order valence-corrected chi connectivity index (χ3v) is 2.76. The van der Waals surface area contributed by atoms with Crippen molar-refractivity contribution in [3.05, 3.63) is 24.0 Å². The van der Waals surface area contributed by atoms with E-state index in [0.29, 0.717) is 5.75 Å². The molecule has 0 spiro atoms. The van der Waals surface area contributed by atoms with Gasteiger partial charge in [0.25, 0.3) is 0 Å². The van der Waals surface area contributed by atoms with E-state index in [1.807, 2.05) is 0 Å². The predicted octanol–water partition coefficient (Wildman–Crippen LogP) is 2.59. The second kappa shape index (κ2) is 7.12. The number of hydrogen-bond acceptors (Lipinski definition) is 3. The molecule has 0 radical (unpaired) electrons. The zero-order valence-corrected chi connectivity index (χ0v) is 10.8. The molecular weight excluding hydrogens is 219 g/mol. The lowest BCUT2D eigenvalue weighted by Gasteiger charge is -2.18. The van der Waals surface area contributed by atoms with Crippen molar-refractivity contribution < 1.29 is 9.13 Å². The fourth-order valence-electron chi connectivity index (χ4n) is 1.68. The number of halogens is 1. The van der Waals surface area contributed by atoms with E-state index in [2.05, 4.69) is 24.1 Å². The zero-order chi connectivity index (χ0) is 12.7. The minimum absolute atomic E-state index is 0.283. The Morgan fingerprint density at radius 1 is 1.24 bits per heavy atom. The van der Waals surface area contributed by atoms with Gasteiger partial charge in [0.15, 0.2) is 0 Å². The fourth-order valence-corrected chi connectivity index (χ4v) is 1.68. The second-order valence-electron chi connectivity index (χ2n) is 3.83. The lowest BCUT2D eigenvalue weighted by molar-refractivity contribution is 0.316. The zero-order valence-electron chi connectivity index (χ0n) is 10.8. The lowest BCUT2D eigenvalue weighted by Crippen LogP contribution is -2.28. The van der Waals surface area contributed by atoms with Gasteiger partial charge in [0.05, 0.1) is 7.11 Å². The average Bonchev–Trinajstić information content (AvgIpc) is 2.34. The van der Waals surface area contributed by atoms with Gasteiger partial charge in [-0.1, -0.05) is 13.8 Å². The van der Waals surface area contributed by atoms with Gasteiger partial charge in [-0.2, -0.15) is 0 Å². The normalized spacial score (nSPS) is 10.6. The summed E-state index contributed by atoms with van der Waals surface area (Å²) in [6, 6.07) is 4.64. The van der Waals surface area contributed by atoms with Crippen LogP contribution in [0.5, 0.6) is 5.75 Å². The summed E-state index contributed by atoms with van der Waals surface area (Å²) in [7, 11) is 1.54. The highest BCUT2D eigenvalue weighted by Gasteiger charge is 2.02. The number of ether oxygens (including phenoxy) is 1. The monoisotopic (exact) mass is 240 g/mol. The van der Waals surface area contributed by atoms with Crippen LogP contribution < -0.4 is 10.1 Å². The van der Waals surface area contributed by atoms with Crippen molar-refractivity contribution in [3.63, 3.8) is 0 Å². The van der Waals surface area contributed by atoms with E-state index in [0.717, 1.165) is 31.9 Å². The van der Waals surface area contributed by atoms with Crippen molar-refractivity contribution >= 4 is 5.69 Å². The minimum Gasteiger partial charge on any atom is -0.497 e. The SMILES string of the molecule is CCN(CC)CCNc1cc(F)cc(OC)c1. The van der Waals surface area contributed by atoms with Crippen LogP contribution in [0.25, 0.3) is 0 Å². The summed E-state index contributed by atoms with van der Waals surface area (Å²) < 4.78 is 18.2. The highest BCUT2D eigenvalue weighted by Crippen LogP contribution is 2.19. The van der Waals surface area contributed by atoms with Crippen LogP contribution in [0.4, 0.5) is 10.1 Å². The number of benzene rings is 1. The van der Waals surface area contributed by atoms with Gasteiger partial charge < -0.3 is 15.0 Å². The van der Waals surface area contributed by atoms with Gasteiger partial charge in [-0.05, 0) is 19.2 Å². The van der Waals surface area contributed by atoms with E-state index in [4.69, 9.17) is 4.74 Å². The van der Waals surface area contributed by atoms with E-state index in [1.165, 1.54) is 19.2 Å². The molecule has 0 saturated carbocycles. The number of anilines is 1. The summed E-state index contributed by atoms with van der Waals surface area (Å²) in [5.41, 5.74) is 0.758. The number of rotatable bonds is 7. The number of methoxy groups -OCH3 is 1. The largest absolute Gasteiger partial charge is 0.497 e. The maximum atomic E-state index is 13.2. The molecule has 0 aromatic heterocycles. The van der Waals surface area contributed by atoms with Crippen LogP contribution in [-0.4, -0.2) is 38.2 Å². The van der Waals surface area contributed by atoms with E-state index >= 15 is 0 Å². The molecule has 96 valence electrons. The Morgan fingerprint density at radius 3 is 2.53 bits per heavy atom. The number of likely N-dealkylation sites (N-methyl/N-ethyl adjacent to an activating group) is 1. The van der Waals surface area contributed by atoms with Gasteiger partial charge in [-0.15, -0.1) is 0 Å². The first-order valence-corrected chi connectivity index (χ1v) is 6.00. The molecule has 0 amide bonds. The Labute approximate surface area is 103 Å². The van der Waals surface area contributed by atoms with Crippen LogP contribution in [0.2, 0.25) is 0 Å². The Kier molecular flexibility index (Phi) is 5.77. The van der Waals surface area contributed by atoms with Crippen LogP contribution in [0.3, 0.4) is 0 Å². The molecule has 1 aromatic carbocycles. The Hall–Kier alpha value is -1.29. The minimum atomic E-state index is -0.283. The molecule has 0 atom stereocenters. The Balaban J connectivity index is 2.48. The predicted molar refractivity (Wildman–Crippen MR) is 69.2 cm³/mol. The van der Waals surface area contributed by atoms with Gasteiger partial charge in [-0.25, -0.2) is 4.39 Å². The Bertz CT molecular complexity index is 340. The molecule has 0 aliphatic carbocycles. The molecule has 0 aliphatic heterocycles. The molecule has 1 N–H and O–H groups in total. The van der Waals surface area contributed by atoms with E-state index in [1.54, 1.807) is 6.07 Å². The van der Waals surface area contributed by atoms with E-state index < -0.39 is 0 Å². The van der Waals surface area contributed by atoms with Gasteiger partial charge in [-0.3, -0.25) is 0 Å². The van der Waals surface area contributed by atoms with E-state index in [9.17, 15) is 4.39 Å². The van der Waals surface area contributed by atoms with Crippen LogP contribution in [-0.2, 0) is 0 Å². The molecular formula is C13H21FN2O. The summed E-state index contributed by atoms with van der Waals surface area (Å²) in [4.78, 5) is 2.31. The first kappa shape index (κ1) is 13.8. The molecule has 1 aromatic rings. The quantitative estimate of drug-likeness (QED) is 0.793. The smallest absolute Gasteiger partial charge is 0.128 e. The third kappa shape index (κ3) is 4.61. The standard InChI is InChI=1S/C13H21FN2O/c1-4-16(5-2)7-6-15-12-8-11(14)9-13(10-12)17-3/h8-10,15H,4-7H2,1-3H3. The first-order chi connectivity index (χ1) is 8.19. The molecule has 4 heteroatoms. The van der Waals surface area contributed by atoms with Gasteiger partial charge >= 0.3 is 0 Å². The molecule has 0 aliphatic rings. The van der Waals surface area contributed by atoms with Crippen molar-refractivity contribution in [2.75, 3.05) is 38.6 Å². The third-order valence-electron chi connectivity index (χ3n) is 2.76. The van der Waals surface area contributed by atoms with Crippen molar-refractivity contribution in [3.8, 4) is 5.75 Å². The molecule has 0 unspecified atom stereocenters. The molecule has 0 heterocycles. The number of nitrogens with zero attached hydrogens (tertiary/aromatic N) is 1.